The maximum atomic E-state index is 13.3. The maximum Gasteiger partial charge on any atom is 0.244 e. The molecule has 1 saturated heterocycles. The number of nitrogens with zero attached hydrogens (tertiary/aromatic N) is 1. The smallest absolute Gasteiger partial charge is 0.244 e. The van der Waals surface area contributed by atoms with Gasteiger partial charge in [-0.15, -0.1) is 0 Å². The van der Waals surface area contributed by atoms with Gasteiger partial charge in [0.2, 0.25) is 10.0 Å². The lowest BCUT2D eigenvalue weighted by atomic mass is 10.0. The second-order valence-corrected chi connectivity index (χ2v) is 8.66. The van der Waals surface area contributed by atoms with Crippen molar-refractivity contribution in [3.63, 3.8) is 0 Å². The molecule has 1 aliphatic heterocycles. The average molecular weight is 395 g/mol. The van der Waals surface area contributed by atoms with Crippen LogP contribution in [0, 0.1) is 12.7 Å². The van der Waals surface area contributed by atoms with E-state index in [9.17, 15) is 17.6 Å². The number of carbonyl (C=O) groups is 1. The highest BCUT2D eigenvalue weighted by molar-refractivity contribution is 7.89. The zero-order valence-corrected chi connectivity index (χ0v) is 15.9. The van der Waals surface area contributed by atoms with E-state index in [-0.39, 0.29) is 10.7 Å². The van der Waals surface area contributed by atoms with Crippen LogP contribution >= 0.6 is 0 Å². The van der Waals surface area contributed by atoms with Crippen molar-refractivity contribution >= 4 is 15.8 Å². The summed E-state index contributed by atoms with van der Waals surface area (Å²) < 4.78 is 40.9. The summed E-state index contributed by atoms with van der Waals surface area (Å²) in [6.07, 6.45) is 0. The van der Waals surface area contributed by atoms with Crippen LogP contribution in [0.4, 0.5) is 4.39 Å². The van der Waals surface area contributed by atoms with E-state index in [4.69, 9.17) is 0 Å². The molecule has 3 unspecified atom stereocenters. The number of rotatable bonds is 5. The fraction of sp³-hybridized carbons (Fsp3) is 0.136. The van der Waals surface area contributed by atoms with Gasteiger partial charge >= 0.3 is 0 Å². The van der Waals surface area contributed by atoms with Gasteiger partial charge in [-0.2, -0.15) is 4.31 Å². The van der Waals surface area contributed by atoms with Crippen LogP contribution in [0.15, 0.2) is 83.8 Å². The van der Waals surface area contributed by atoms with Crippen LogP contribution in [0.25, 0.3) is 0 Å². The van der Waals surface area contributed by atoms with Crippen LogP contribution in [0.3, 0.4) is 0 Å². The normalized spacial score (nSPS) is 21.3. The Bertz CT molecular complexity index is 1110. The van der Waals surface area contributed by atoms with Gasteiger partial charge in [0, 0.05) is 5.56 Å². The molecule has 3 aromatic carbocycles. The Kier molecular flexibility index (Phi) is 4.61. The van der Waals surface area contributed by atoms with Crippen molar-refractivity contribution in [1.82, 2.24) is 4.31 Å². The van der Waals surface area contributed by atoms with Crippen molar-refractivity contribution < 1.29 is 17.6 Å². The fourth-order valence-electron chi connectivity index (χ4n) is 3.36. The van der Waals surface area contributed by atoms with E-state index >= 15 is 0 Å². The van der Waals surface area contributed by atoms with Gasteiger partial charge in [0.15, 0.2) is 5.78 Å². The van der Waals surface area contributed by atoms with Crippen LogP contribution in [0.5, 0.6) is 0 Å². The lowest BCUT2D eigenvalue weighted by Gasteiger charge is -2.07. The zero-order valence-electron chi connectivity index (χ0n) is 15.1. The van der Waals surface area contributed by atoms with Crippen molar-refractivity contribution in [3.05, 3.63) is 101 Å². The van der Waals surface area contributed by atoms with Crippen molar-refractivity contribution in [2.75, 3.05) is 0 Å². The first-order valence-corrected chi connectivity index (χ1v) is 10.3. The molecule has 28 heavy (non-hydrogen) atoms. The van der Waals surface area contributed by atoms with Crippen LogP contribution in [-0.2, 0) is 10.0 Å². The fourth-order valence-corrected chi connectivity index (χ4v) is 5.08. The van der Waals surface area contributed by atoms with Crippen LogP contribution in [-0.4, -0.2) is 24.5 Å². The van der Waals surface area contributed by atoms with Gasteiger partial charge in [0.1, 0.15) is 11.9 Å². The largest absolute Gasteiger partial charge is 0.292 e. The number of sulfonamides is 1. The van der Waals surface area contributed by atoms with E-state index in [1.807, 2.05) is 6.92 Å². The van der Waals surface area contributed by atoms with Gasteiger partial charge in [0.25, 0.3) is 0 Å². The van der Waals surface area contributed by atoms with E-state index in [1.54, 1.807) is 42.5 Å². The summed E-state index contributed by atoms with van der Waals surface area (Å²) in [7, 11) is -3.87. The molecule has 0 aliphatic carbocycles. The Morgan fingerprint density at radius 1 is 0.893 bits per heavy atom. The van der Waals surface area contributed by atoms with Crippen molar-refractivity contribution in [2.24, 2.45) is 0 Å². The Morgan fingerprint density at radius 3 is 2.11 bits per heavy atom. The van der Waals surface area contributed by atoms with Gasteiger partial charge in [-0.25, -0.2) is 12.8 Å². The number of Topliss-reactive ketones (excluding diaryl/α,β-unsaturated/α-hetero) is 1. The summed E-state index contributed by atoms with van der Waals surface area (Å²) in [5, 5.41) is 0. The molecular formula is C22H18FNO3S. The third-order valence-electron chi connectivity index (χ3n) is 4.89. The molecule has 0 spiro atoms. The summed E-state index contributed by atoms with van der Waals surface area (Å²) in [5.74, 6) is -0.686. The highest BCUT2D eigenvalue weighted by atomic mass is 32.2. The quantitative estimate of drug-likeness (QED) is 0.482. The first-order chi connectivity index (χ1) is 13.4. The SMILES string of the molecule is Cc1ccc(S(=O)(=O)N2C(C(=O)c3ccccc3)C2c2ccc(F)cc2)cc1. The van der Waals surface area contributed by atoms with Crippen molar-refractivity contribution in [1.29, 1.82) is 0 Å². The minimum Gasteiger partial charge on any atom is -0.292 e. The predicted octanol–water partition coefficient (Wildman–Crippen LogP) is 4.13. The number of ketones is 1. The molecule has 0 N–H and O–H groups in total. The number of carbonyl (C=O) groups excluding carboxylic acids is 1. The molecule has 3 atom stereocenters. The Labute approximate surface area is 163 Å². The lowest BCUT2D eigenvalue weighted by Crippen LogP contribution is -2.19. The third-order valence-corrected chi connectivity index (χ3v) is 6.77. The lowest BCUT2D eigenvalue weighted by molar-refractivity contribution is 0.0981. The molecule has 0 aromatic heterocycles. The van der Waals surface area contributed by atoms with E-state index in [0.717, 1.165) is 5.56 Å². The second-order valence-electron chi connectivity index (χ2n) is 6.82. The average Bonchev–Trinajstić information content (AvgIpc) is 3.45. The number of aryl methyl sites for hydroxylation is 1. The minimum absolute atomic E-state index is 0.133. The molecule has 1 fully saturated rings. The summed E-state index contributed by atoms with van der Waals surface area (Å²) in [6, 6.07) is 19.2. The highest BCUT2D eigenvalue weighted by Crippen LogP contribution is 2.49. The molecule has 0 amide bonds. The molecule has 3 aromatic rings. The molecule has 0 saturated carbocycles. The standard InChI is InChI=1S/C22H18FNO3S/c1-15-7-13-19(14-8-15)28(26,27)24-20(16-9-11-18(23)12-10-16)21(24)22(25)17-5-3-2-4-6-17/h2-14,20-21H,1H3. The molecule has 4 rings (SSSR count). The summed E-state index contributed by atoms with van der Waals surface area (Å²) in [5.41, 5.74) is 1.98. The number of halogens is 1. The number of benzene rings is 3. The van der Waals surface area contributed by atoms with Crippen molar-refractivity contribution in [3.8, 4) is 0 Å². The van der Waals surface area contributed by atoms with Gasteiger partial charge in [-0.3, -0.25) is 4.79 Å². The molecule has 4 nitrogen and oxygen atoms in total. The number of hydrogen-bond donors (Lipinski definition) is 0. The van der Waals surface area contributed by atoms with E-state index in [1.165, 1.54) is 40.7 Å². The van der Waals surface area contributed by atoms with Gasteiger partial charge in [0.05, 0.1) is 10.9 Å². The van der Waals surface area contributed by atoms with Crippen LogP contribution < -0.4 is 0 Å². The Balaban J connectivity index is 1.75. The van der Waals surface area contributed by atoms with Crippen LogP contribution in [0.1, 0.15) is 27.5 Å². The summed E-state index contributed by atoms with van der Waals surface area (Å²) >= 11 is 0. The molecule has 1 aliphatic rings. The summed E-state index contributed by atoms with van der Waals surface area (Å²) in [4.78, 5) is 13.2. The molecule has 0 bridgehead atoms. The summed E-state index contributed by atoms with van der Waals surface area (Å²) in [6.45, 7) is 1.87. The molecule has 0 radical (unpaired) electrons. The molecular weight excluding hydrogens is 377 g/mol. The first kappa shape index (κ1) is 18.5. The van der Waals surface area contributed by atoms with Gasteiger partial charge in [-0.1, -0.05) is 60.2 Å². The van der Waals surface area contributed by atoms with E-state index in [2.05, 4.69) is 0 Å². The second kappa shape index (κ2) is 6.96. The Hall–Kier alpha value is -2.83. The molecule has 1 heterocycles. The van der Waals surface area contributed by atoms with E-state index < -0.39 is 27.9 Å². The van der Waals surface area contributed by atoms with Gasteiger partial charge < -0.3 is 0 Å². The van der Waals surface area contributed by atoms with E-state index in [0.29, 0.717) is 11.1 Å². The maximum absolute atomic E-state index is 13.3. The predicted molar refractivity (Wildman–Crippen MR) is 104 cm³/mol. The zero-order chi connectivity index (χ0) is 19.9. The highest BCUT2D eigenvalue weighted by Gasteiger charge is 2.60. The molecule has 6 heteroatoms. The topological polar surface area (TPSA) is 54.2 Å². The Morgan fingerprint density at radius 2 is 1.50 bits per heavy atom. The third kappa shape index (κ3) is 3.25. The monoisotopic (exact) mass is 395 g/mol. The van der Waals surface area contributed by atoms with Crippen molar-refractivity contribution in [2.45, 2.75) is 23.9 Å². The minimum atomic E-state index is -3.87. The van der Waals surface area contributed by atoms with Gasteiger partial charge in [-0.05, 0) is 36.8 Å². The first-order valence-electron chi connectivity index (χ1n) is 8.84. The van der Waals surface area contributed by atoms with Crippen LogP contribution in [0.2, 0.25) is 0 Å². The number of hydrogen-bond acceptors (Lipinski definition) is 3. The molecule has 142 valence electrons.